The topological polar surface area (TPSA) is 65.4 Å². The maximum Gasteiger partial charge on any atom is 0.270 e. The van der Waals surface area contributed by atoms with Crippen LogP contribution in [0.1, 0.15) is 10.5 Å². The molecule has 1 amide bonds. The zero-order chi connectivity index (χ0) is 17.6. The Hall–Kier alpha value is -2.22. The molecule has 0 saturated carbocycles. The summed E-state index contributed by atoms with van der Waals surface area (Å²) in [5.41, 5.74) is 2.56. The lowest BCUT2D eigenvalue weighted by Gasteiger charge is -2.08. The van der Waals surface area contributed by atoms with Gasteiger partial charge in [0.15, 0.2) is 0 Å². The van der Waals surface area contributed by atoms with Crippen molar-refractivity contribution in [2.24, 2.45) is 0 Å². The van der Waals surface area contributed by atoms with E-state index in [1.165, 1.54) is 11.3 Å². The summed E-state index contributed by atoms with van der Waals surface area (Å²) in [6.07, 6.45) is 0. The number of nitrogens with one attached hydrogen (secondary N) is 1. The van der Waals surface area contributed by atoms with Crippen LogP contribution in [0.3, 0.4) is 0 Å². The zero-order valence-electron chi connectivity index (χ0n) is 14.3. The number of para-hydroxylation sites is 1. The summed E-state index contributed by atoms with van der Waals surface area (Å²) in [5.74, 6) is -0.181. The number of rotatable bonds is 8. The van der Waals surface area contributed by atoms with Gasteiger partial charge in [0, 0.05) is 43.6 Å². The van der Waals surface area contributed by atoms with Crippen LogP contribution < -0.4 is 5.32 Å². The van der Waals surface area contributed by atoms with Crippen molar-refractivity contribution in [2.45, 2.75) is 6.54 Å². The summed E-state index contributed by atoms with van der Waals surface area (Å²) in [5, 5.41) is 6.55. The molecular formula is C18H21N3O3S. The molecule has 25 heavy (non-hydrogen) atoms. The molecule has 0 aliphatic carbocycles. The second-order valence-corrected chi connectivity index (χ2v) is 6.38. The molecule has 3 rings (SSSR count). The number of nitrogens with zero attached hydrogens (tertiary/aromatic N) is 2. The van der Waals surface area contributed by atoms with Crippen LogP contribution >= 0.6 is 11.3 Å². The standard InChI is InChI=1S/C18H21N3O3S/c1-23-9-7-19-17(22)14-12-25-18(20-14)16-11-13-5-3-4-6-15(13)21(16)8-10-24-2/h3-6,11-12H,7-10H2,1-2H3,(H,19,22). The number of fused-ring (bicyclic) bond motifs is 1. The molecule has 0 fully saturated rings. The van der Waals surface area contributed by atoms with E-state index in [2.05, 4.69) is 33.1 Å². The number of benzene rings is 1. The number of thiazole rings is 1. The Morgan fingerprint density at radius 2 is 2.04 bits per heavy atom. The molecule has 6 nitrogen and oxygen atoms in total. The summed E-state index contributed by atoms with van der Waals surface area (Å²) in [6, 6.07) is 10.3. The number of aromatic nitrogens is 2. The Labute approximate surface area is 150 Å². The van der Waals surface area contributed by atoms with Crippen LogP contribution in [0.15, 0.2) is 35.7 Å². The van der Waals surface area contributed by atoms with Gasteiger partial charge < -0.3 is 19.4 Å². The molecule has 0 bridgehead atoms. The largest absolute Gasteiger partial charge is 0.383 e. The van der Waals surface area contributed by atoms with Crippen LogP contribution in [-0.4, -0.2) is 49.4 Å². The van der Waals surface area contributed by atoms with Crippen LogP contribution in [-0.2, 0) is 16.0 Å². The van der Waals surface area contributed by atoms with Crippen molar-refractivity contribution >= 4 is 28.1 Å². The van der Waals surface area contributed by atoms with Gasteiger partial charge in [-0.15, -0.1) is 11.3 Å². The second-order valence-electron chi connectivity index (χ2n) is 5.52. The number of hydrogen-bond acceptors (Lipinski definition) is 5. The van der Waals surface area contributed by atoms with Crippen molar-refractivity contribution in [3.05, 3.63) is 41.4 Å². The van der Waals surface area contributed by atoms with Crippen LogP contribution in [0.5, 0.6) is 0 Å². The van der Waals surface area contributed by atoms with Gasteiger partial charge in [-0.2, -0.15) is 0 Å². The molecule has 0 saturated heterocycles. The van der Waals surface area contributed by atoms with E-state index in [1.807, 2.05) is 12.1 Å². The fourth-order valence-corrected chi connectivity index (χ4v) is 3.49. The minimum absolute atomic E-state index is 0.181. The van der Waals surface area contributed by atoms with E-state index in [4.69, 9.17) is 9.47 Å². The fraction of sp³-hybridized carbons (Fsp3) is 0.333. The SMILES string of the molecule is COCCNC(=O)c1csc(-c2cc3ccccc3n2CCOC)n1. The average Bonchev–Trinajstić information content (AvgIpc) is 3.25. The third-order valence-corrected chi connectivity index (χ3v) is 4.74. The maximum atomic E-state index is 12.1. The highest BCUT2D eigenvalue weighted by Crippen LogP contribution is 2.30. The molecule has 0 spiro atoms. The monoisotopic (exact) mass is 359 g/mol. The predicted molar refractivity (Wildman–Crippen MR) is 99.1 cm³/mol. The Kier molecular flexibility index (Phi) is 5.80. The zero-order valence-corrected chi connectivity index (χ0v) is 15.1. The first-order valence-electron chi connectivity index (χ1n) is 8.05. The molecule has 1 aromatic carbocycles. The molecule has 0 aliphatic heterocycles. The highest BCUT2D eigenvalue weighted by molar-refractivity contribution is 7.13. The summed E-state index contributed by atoms with van der Waals surface area (Å²) >= 11 is 1.47. The summed E-state index contributed by atoms with van der Waals surface area (Å²) in [7, 11) is 3.29. The van der Waals surface area contributed by atoms with Gasteiger partial charge in [-0.05, 0) is 12.1 Å². The number of hydrogen-bond donors (Lipinski definition) is 1. The molecular weight excluding hydrogens is 338 g/mol. The third-order valence-electron chi connectivity index (χ3n) is 3.88. The molecule has 7 heteroatoms. The van der Waals surface area contributed by atoms with Gasteiger partial charge in [0.2, 0.25) is 0 Å². The summed E-state index contributed by atoms with van der Waals surface area (Å²) in [4.78, 5) is 16.7. The third kappa shape index (κ3) is 3.89. The van der Waals surface area contributed by atoms with Gasteiger partial charge in [0.1, 0.15) is 10.7 Å². The van der Waals surface area contributed by atoms with Crippen molar-refractivity contribution in [1.82, 2.24) is 14.9 Å². The number of carbonyl (C=O) groups is 1. The van der Waals surface area contributed by atoms with E-state index in [1.54, 1.807) is 19.6 Å². The van der Waals surface area contributed by atoms with Crippen LogP contribution in [0.4, 0.5) is 0 Å². The predicted octanol–water partition coefficient (Wildman–Crippen LogP) is 2.79. The van der Waals surface area contributed by atoms with E-state index in [-0.39, 0.29) is 5.91 Å². The van der Waals surface area contributed by atoms with E-state index in [9.17, 15) is 4.79 Å². The Bertz CT molecular complexity index is 856. The normalized spacial score (nSPS) is 11.1. The van der Waals surface area contributed by atoms with Gasteiger partial charge in [0.05, 0.1) is 18.9 Å². The number of methoxy groups -OCH3 is 2. The Balaban J connectivity index is 1.90. The van der Waals surface area contributed by atoms with Crippen molar-refractivity contribution in [3.8, 4) is 10.7 Å². The first-order valence-corrected chi connectivity index (χ1v) is 8.93. The lowest BCUT2D eigenvalue weighted by molar-refractivity contribution is 0.0933. The molecule has 0 unspecified atom stereocenters. The lowest BCUT2D eigenvalue weighted by Crippen LogP contribution is -2.27. The fourth-order valence-electron chi connectivity index (χ4n) is 2.66. The highest BCUT2D eigenvalue weighted by Gasteiger charge is 2.16. The maximum absolute atomic E-state index is 12.1. The van der Waals surface area contributed by atoms with Crippen LogP contribution in [0.2, 0.25) is 0 Å². The van der Waals surface area contributed by atoms with Crippen molar-refractivity contribution in [3.63, 3.8) is 0 Å². The quantitative estimate of drug-likeness (QED) is 0.628. The second kappa shape index (κ2) is 8.24. The Morgan fingerprint density at radius 3 is 2.84 bits per heavy atom. The van der Waals surface area contributed by atoms with Gasteiger partial charge in [-0.25, -0.2) is 4.98 Å². The molecule has 0 aliphatic rings. The molecule has 0 radical (unpaired) electrons. The molecule has 3 aromatic rings. The van der Waals surface area contributed by atoms with Crippen molar-refractivity contribution < 1.29 is 14.3 Å². The van der Waals surface area contributed by atoms with Crippen molar-refractivity contribution in [1.29, 1.82) is 0 Å². The molecule has 0 atom stereocenters. The smallest absolute Gasteiger partial charge is 0.270 e. The molecule has 1 N–H and O–H groups in total. The number of amides is 1. The van der Waals surface area contributed by atoms with Gasteiger partial charge in [-0.3, -0.25) is 4.79 Å². The minimum atomic E-state index is -0.181. The van der Waals surface area contributed by atoms with Gasteiger partial charge >= 0.3 is 0 Å². The lowest BCUT2D eigenvalue weighted by atomic mass is 10.2. The van der Waals surface area contributed by atoms with Crippen LogP contribution in [0, 0.1) is 0 Å². The summed E-state index contributed by atoms with van der Waals surface area (Å²) < 4.78 is 12.4. The van der Waals surface area contributed by atoms with Crippen LogP contribution in [0.25, 0.3) is 21.6 Å². The molecule has 2 aromatic heterocycles. The number of ether oxygens (including phenoxy) is 2. The first kappa shape index (κ1) is 17.6. The Morgan fingerprint density at radius 1 is 1.24 bits per heavy atom. The van der Waals surface area contributed by atoms with E-state index in [0.29, 0.717) is 25.5 Å². The van der Waals surface area contributed by atoms with Crippen molar-refractivity contribution in [2.75, 3.05) is 34.0 Å². The van der Waals surface area contributed by atoms with Gasteiger partial charge in [-0.1, -0.05) is 18.2 Å². The first-order chi connectivity index (χ1) is 12.2. The highest BCUT2D eigenvalue weighted by atomic mass is 32.1. The molecule has 2 heterocycles. The molecule has 132 valence electrons. The summed E-state index contributed by atoms with van der Waals surface area (Å²) in [6.45, 7) is 2.29. The van der Waals surface area contributed by atoms with E-state index >= 15 is 0 Å². The van der Waals surface area contributed by atoms with Gasteiger partial charge in [0.25, 0.3) is 5.91 Å². The number of carbonyl (C=O) groups excluding carboxylic acids is 1. The average molecular weight is 359 g/mol. The minimum Gasteiger partial charge on any atom is -0.383 e. The van der Waals surface area contributed by atoms with E-state index < -0.39 is 0 Å². The van der Waals surface area contributed by atoms with E-state index in [0.717, 1.165) is 28.1 Å².